The Bertz CT molecular complexity index is 558. The number of aryl methyl sites for hydroxylation is 2. The summed E-state index contributed by atoms with van der Waals surface area (Å²) in [5, 5.41) is 0. The molecule has 0 atom stereocenters. The molecule has 2 aromatic rings. The maximum Gasteiger partial charge on any atom is 0.123 e. The van der Waals surface area contributed by atoms with Crippen LogP contribution in [0, 0.1) is 19.7 Å². The highest BCUT2D eigenvalue weighted by atomic mass is 19.1. The fourth-order valence-electron chi connectivity index (χ4n) is 2.52. The maximum absolute atomic E-state index is 13.1. The topological polar surface area (TPSA) is 29.3 Å². The Balaban J connectivity index is 2.26. The number of nitrogens with zero attached hydrogens (tertiary/aromatic N) is 1. The minimum atomic E-state index is -0.204. The van der Waals surface area contributed by atoms with Crippen LogP contribution in [0.15, 0.2) is 42.5 Å². The van der Waals surface area contributed by atoms with Gasteiger partial charge in [-0.2, -0.15) is 0 Å². The monoisotopic (exact) mass is 286 g/mol. The second kappa shape index (κ2) is 7.23. The number of anilines is 1. The number of benzene rings is 2. The molecule has 0 bridgehead atoms. The summed E-state index contributed by atoms with van der Waals surface area (Å²) in [6.07, 6.45) is 0.919. The standard InChI is InChI=1S/C18H23FN2/c1-14-5-3-6-15(2)18(14)13-21(12-4-11-20)17-9-7-16(19)8-10-17/h3,5-10H,4,11-13,20H2,1-2H3. The molecule has 112 valence electrons. The van der Waals surface area contributed by atoms with Gasteiger partial charge < -0.3 is 10.6 Å². The molecule has 2 rings (SSSR count). The van der Waals surface area contributed by atoms with E-state index in [0.717, 1.165) is 25.2 Å². The van der Waals surface area contributed by atoms with E-state index in [1.165, 1.54) is 28.8 Å². The Kier molecular flexibility index (Phi) is 5.34. The first kappa shape index (κ1) is 15.5. The zero-order valence-electron chi connectivity index (χ0n) is 12.8. The van der Waals surface area contributed by atoms with Crippen molar-refractivity contribution in [3.63, 3.8) is 0 Å². The average molecular weight is 286 g/mol. The Morgan fingerprint density at radius 1 is 1.00 bits per heavy atom. The summed E-state index contributed by atoms with van der Waals surface area (Å²) in [7, 11) is 0. The molecule has 0 spiro atoms. The van der Waals surface area contributed by atoms with Crippen molar-refractivity contribution in [2.45, 2.75) is 26.8 Å². The molecule has 0 radical (unpaired) electrons. The molecule has 0 aliphatic heterocycles. The molecular formula is C18H23FN2. The summed E-state index contributed by atoms with van der Waals surface area (Å²) in [5.41, 5.74) is 10.6. The predicted molar refractivity (Wildman–Crippen MR) is 87.0 cm³/mol. The lowest BCUT2D eigenvalue weighted by molar-refractivity contribution is 0.627. The van der Waals surface area contributed by atoms with Crippen molar-refractivity contribution in [3.8, 4) is 0 Å². The van der Waals surface area contributed by atoms with Crippen LogP contribution in [-0.2, 0) is 6.54 Å². The van der Waals surface area contributed by atoms with E-state index in [-0.39, 0.29) is 5.82 Å². The summed E-state index contributed by atoms with van der Waals surface area (Å²) < 4.78 is 13.1. The van der Waals surface area contributed by atoms with Gasteiger partial charge in [0, 0.05) is 18.8 Å². The van der Waals surface area contributed by atoms with Gasteiger partial charge in [-0.15, -0.1) is 0 Å². The van der Waals surface area contributed by atoms with Gasteiger partial charge in [0.05, 0.1) is 0 Å². The van der Waals surface area contributed by atoms with Crippen molar-refractivity contribution in [3.05, 3.63) is 65.0 Å². The van der Waals surface area contributed by atoms with E-state index in [4.69, 9.17) is 5.73 Å². The molecule has 0 saturated heterocycles. The second-order valence-corrected chi connectivity index (χ2v) is 5.41. The zero-order chi connectivity index (χ0) is 15.2. The van der Waals surface area contributed by atoms with Crippen molar-refractivity contribution >= 4 is 5.69 Å². The van der Waals surface area contributed by atoms with Crippen LogP contribution >= 0.6 is 0 Å². The molecule has 2 aromatic carbocycles. The molecule has 3 heteroatoms. The van der Waals surface area contributed by atoms with E-state index in [2.05, 4.69) is 36.9 Å². The number of hydrogen-bond acceptors (Lipinski definition) is 2. The summed E-state index contributed by atoms with van der Waals surface area (Å²) in [6, 6.07) is 13.0. The third-order valence-corrected chi connectivity index (χ3v) is 3.82. The molecule has 0 aromatic heterocycles. The van der Waals surface area contributed by atoms with E-state index < -0.39 is 0 Å². The molecule has 0 saturated carbocycles. The zero-order valence-corrected chi connectivity index (χ0v) is 12.8. The molecule has 0 amide bonds. The van der Waals surface area contributed by atoms with Crippen LogP contribution in [0.4, 0.5) is 10.1 Å². The molecule has 0 fully saturated rings. The van der Waals surface area contributed by atoms with Gasteiger partial charge in [0.15, 0.2) is 0 Å². The minimum Gasteiger partial charge on any atom is -0.367 e. The first-order chi connectivity index (χ1) is 10.1. The Morgan fingerprint density at radius 2 is 1.62 bits per heavy atom. The van der Waals surface area contributed by atoms with Gasteiger partial charge >= 0.3 is 0 Å². The Labute approximate surface area is 126 Å². The van der Waals surface area contributed by atoms with Gasteiger partial charge in [-0.05, 0) is 67.8 Å². The van der Waals surface area contributed by atoms with Gasteiger partial charge in [0.25, 0.3) is 0 Å². The first-order valence-electron chi connectivity index (χ1n) is 7.37. The first-order valence-corrected chi connectivity index (χ1v) is 7.37. The highest BCUT2D eigenvalue weighted by molar-refractivity contribution is 5.48. The number of halogens is 1. The lowest BCUT2D eigenvalue weighted by Gasteiger charge is -2.26. The fourth-order valence-corrected chi connectivity index (χ4v) is 2.52. The smallest absolute Gasteiger partial charge is 0.123 e. The normalized spacial score (nSPS) is 10.7. The van der Waals surface area contributed by atoms with Gasteiger partial charge in [0.2, 0.25) is 0 Å². The van der Waals surface area contributed by atoms with Crippen LogP contribution in [0.1, 0.15) is 23.1 Å². The van der Waals surface area contributed by atoms with Crippen molar-refractivity contribution in [2.24, 2.45) is 5.73 Å². The predicted octanol–water partition coefficient (Wildman–Crippen LogP) is 3.80. The molecule has 0 unspecified atom stereocenters. The van der Waals surface area contributed by atoms with E-state index in [0.29, 0.717) is 6.54 Å². The van der Waals surface area contributed by atoms with Crippen LogP contribution in [0.3, 0.4) is 0 Å². The van der Waals surface area contributed by atoms with Crippen molar-refractivity contribution < 1.29 is 4.39 Å². The second-order valence-electron chi connectivity index (χ2n) is 5.41. The van der Waals surface area contributed by atoms with Crippen molar-refractivity contribution in [1.29, 1.82) is 0 Å². The number of nitrogens with two attached hydrogens (primary N) is 1. The molecule has 2 nitrogen and oxygen atoms in total. The Morgan fingerprint density at radius 3 is 2.19 bits per heavy atom. The summed E-state index contributed by atoms with van der Waals surface area (Å²) >= 11 is 0. The van der Waals surface area contributed by atoms with Gasteiger partial charge in [-0.1, -0.05) is 18.2 Å². The van der Waals surface area contributed by atoms with Gasteiger partial charge in [-0.25, -0.2) is 4.39 Å². The third kappa shape index (κ3) is 4.05. The molecule has 0 aliphatic rings. The van der Waals surface area contributed by atoms with Crippen LogP contribution in [0.25, 0.3) is 0 Å². The van der Waals surface area contributed by atoms with Crippen LogP contribution in [0.5, 0.6) is 0 Å². The minimum absolute atomic E-state index is 0.204. The van der Waals surface area contributed by atoms with E-state index >= 15 is 0 Å². The van der Waals surface area contributed by atoms with E-state index in [9.17, 15) is 4.39 Å². The lowest BCUT2D eigenvalue weighted by Crippen LogP contribution is -2.26. The lowest BCUT2D eigenvalue weighted by atomic mass is 10.0. The van der Waals surface area contributed by atoms with Crippen molar-refractivity contribution in [1.82, 2.24) is 0 Å². The largest absolute Gasteiger partial charge is 0.367 e. The SMILES string of the molecule is Cc1cccc(C)c1CN(CCCN)c1ccc(F)cc1. The van der Waals surface area contributed by atoms with E-state index in [1.807, 2.05) is 12.1 Å². The Hall–Kier alpha value is -1.87. The highest BCUT2D eigenvalue weighted by Gasteiger charge is 2.10. The van der Waals surface area contributed by atoms with Gasteiger partial charge in [0.1, 0.15) is 5.82 Å². The molecule has 0 heterocycles. The highest BCUT2D eigenvalue weighted by Crippen LogP contribution is 2.21. The van der Waals surface area contributed by atoms with Crippen molar-refractivity contribution in [2.75, 3.05) is 18.0 Å². The molecule has 0 aliphatic carbocycles. The third-order valence-electron chi connectivity index (χ3n) is 3.82. The summed E-state index contributed by atoms with van der Waals surface area (Å²) in [6.45, 7) is 6.62. The molecule has 2 N–H and O–H groups in total. The van der Waals surface area contributed by atoms with Crippen LogP contribution in [0.2, 0.25) is 0 Å². The van der Waals surface area contributed by atoms with E-state index in [1.54, 1.807) is 0 Å². The summed E-state index contributed by atoms with van der Waals surface area (Å²) in [5.74, 6) is -0.204. The quantitative estimate of drug-likeness (QED) is 0.875. The molecular weight excluding hydrogens is 263 g/mol. The summed E-state index contributed by atoms with van der Waals surface area (Å²) in [4.78, 5) is 2.27. The molecule has 21 heavy (non-hydrogen) atoms. The maximum atomic E-state index is 13.1. The number of rotatable bonds is 6. The van der Waals surface area contributed by atoms with Crippen LogP contribution < -0.4 is 10.6 Å². The van der Waals surface area contributed by atoms with Gasteiger partial charge in [-0.3, -0.25) is 0 Å². The fraction of sp³-hybridized carbons (Fsp3) is 0.333. The van der Waals surface area contributed by atoms with Crippen LogP contribution in [-0.4, -0.2) is 13.1 Å². The average Bonchev–Trinajstić information content (AvgIpc) is 2.47. The number of hydrogen-bond donors (Lipinski definition) is 1.